The minimum absolute atomic E-state index is 0.106. The summed E-state index contributed by atoms with van der Waals surface area (Å²) < 4.78 is 5.79. The SMILES string of the molecule is CCCCN(C)C(=O)c1cc(Nc2ccc(Oc3ccccc3)cc2)ncn1. The second-order valence-electron chi connectivity index (χ2n) is 6.43. The van der Waals surface area contributed by atoms with Crippen molar-refractivity contribution in [3.63, 3.8) is 0 Å². The first-order chi connectivity index (χ1) is 13.7. The Balaban J connectivity index is 1.64. The van der Waals surface area contributed by atoms with Crippen molar-refractivity contribution >= 4 is 17.4 Å². The molecule has 1 aromatic heterocycles. The molecule has 0 atom stereocenters. The highest BCUT2D eigenvalue weighted by Crippen LogP contribution is 2.24. The monoisotopic (exact) mass is 376 g/mol. The lowest BCUT2D eigenvalue weighted by molar-refractivity contribution is 0.0787. The van der Waals surface area contributed by atoms with Crippen molar-refractivity contribution < 1.29 is 9.53 Å². The Morgan fingerprint density at radius 2 is 1.75 bits per heavy atom. The molecule has 144 valence electrons. The van der Waals surface area contributed by atoms with Gasteiger partial charge in [0.1, 0.15) is 29.3 Å². The molecule has 0 unspecified atom stereocenters. The molecule has 1 heterocycles. The van der Waals surface area contributed by atoms with Gasteiger partial charge >= 0.3 is 0 Å². The number of hydrogen-bond donors (Lipinski definition) is 1. The average Bonchev–Trinajstić information content (AvgIpc) is 2.74. The summed E-state index contributed by atoms with van der Waals surface area (Å²) in [6.45, 7) is 2.81. The third kappa shape index (κ3) is 5.30. The first-order valence-electron chi connectivity index (χ1n) is 9.33. The molecule has 28 heavy (non-hydrogen) atoms. The topological polar surface area (TPSA) is 67.4 Å². The maximum absolute atomic E-state index is 12.5. The lowest BCUT2D eigenvalue weighted by atomic mass is 10.2. The third-order valence-electron chi connectivity index (χ3n) is 4.19. The fraction of sp³-hybridized carbons (Fsp3) is 0.227. The van der Waals surface area contributed by atoms with Crippen LogP contribution in [0.25, 0.3) is 0 Å². The maximum Gasteiger partial charge on any atom is 0.272 e. The van der Waals surface area contributed by atoms with Crippen LogP contribution in [0.3, 0.4) is 0 Å². The minimum atomic E-state index is -0.106. The second kappa shape index (κ2) is 9.50. The van der Waals surface area contributed by atoms with Crippen LogP contribution in [0.2, 0.25) is 0 Å². The molecule has 0 bridgehead atoms. The molecular weight excluding hydrogens is 352 g/mol. The summed E-state index contributed by atoms with van der Waals surface area (Å²) >= 11 is 0. The van der Waals surface area contributed by atoms with Crippen LogP contribution >= 0.6 is 0 Å². The molecule has 0 fully saturated rings. The van der Waals surface area contributed by atoms with Gasteiger partial charge in [0.05, 0.1) is 0 Å². The van der Waals surface area contributed by atoms with Gasteiger partial charge in [0, 0.05) is 25.3 Å². The van der Waals surface area contributed by atoms with Gasteiger partial charge in [-0.05, 0) is 42.8 Å². The molecule has 0 spiro atoms. The van der Waals surface area contributed by atoms with Gasteiger partial charge < -0.3 is 15.0 Å². The number of nitrogens with zero attached hydrogens (tertiary/aromatic N) is 3. The zero-order chi connectivity index (χ0) is 19.8. The summed E-state index contributed by atoms with van der Waals surface area (Å²) in [5.41, 5.74) is 1.22. The van der Waals surface area contributed by atoms with Crippen molar-refractivity contribution in [2.75, 3.05) is 18.9 Å². The average molecular weight is 376 g/mol. The number of para-hydroxylation sites is 1. The number of aromatic nitrogens is 2. The number of ether oxygens (including phenoxy) is 1. The molecule has 1 amide bonds. The Bertz CT molecular complexity index is 898. The van der Waals surface area contributed by atoms with Crippen LogP contribution in [0, 0.1) is 0 Å². The van der Waals surface area contributed by atoms with E-state index in [9.17, 15) is 4.79 Å². The Hall–Kier alpha value is -3.41. The first-order valence-corrected chi connectivity index (χ1v) is 9.33. The van der Waals surface area contributed by atoms with E-state index in [1.54, 1.807) is 18.0 Å². The number of anilines is 2. The summed E-state index contributed by atoms with van der Waals surface area (Å²) in [4.78, 5) is 22.5. The highest BCUT2D eigenvalue weighted by molar-refractivity contribution is 5.92. The zero-order valence-electron chi connectivity index (χ0n) is 16.1. The van der Waals surface area contributed by atoms with Crippen molar-refractivity contribution in [2.45, 2.75) is 19.8 Å². The molecule has 0 aliphatic carbocycles. The van der Waals surface area contributed by atoms with Crippen molar-refractivity contribution in [3.8, 4) is 11.5 Å². The number of hydrogen-bond acceptors (Lipinski definition) is 5. The summed E-state index contributed by atoms with van der Waals surface area (Å²) in [7, 11) is 1.79. The number of benzene rings is 2. The van der Waals surface area contributed by atoms with Crippen LogP contribution in [-0.4, -0.2) is 34.4 Å². The molecule has 3 rings (SSSR count). The Morgan fingerprint density at radius 3 is 2.46 bits per heavy atom. The fourth-order valence-corrected chi connectivity index (χ4v) is 2.61. The smallest absolute Gasteiger partial charge is 0.272 e. The second-order valence-corrected chi connectivity index (χ2v) is 6.43. The number of amides is 1. The highest BCUT2D eigenvalue weighted by atomic mass is 16.5. The van der Waals surface area contributed by atoms with Gasteiger partial charge in [-0.3, -0.25) is 4.79 Å². The summed E-state index contributed by atoms with van der Waals surface area (Å²) in [5.74, 6) is 1.99. The van der Waals surface area contributed by atoms with E-state index in [-0.39, 0.29) is 5.91 Å². The van der Waals surface area contributed by atoms with Crippen molar-refractivity contribution in [3.05, 3.63) is 72.7 Å². The number of carbonyl (C=O) groups excluding carboxylic acids is 1. The van der Waals surface area contributed by atoms with E-state index in [2.05, 4.69) is 22.2 Å². The van der Waals surface area contributed by atoms with Gasteiger partial charge in [-0.15, -0.1) is 0 Å². The predicted octanol–water partition coefficient (Wildman–Crippen LogP) is 4.88. The van der Waals surface area contributed by atoms with E-state index < -0.39 is 0 Å². The first kappa shape index (κ1) is 19.4. The van der Waals surface area contributed by atoms with Crippen molar-refractivity contribution in [1.82, 2.24) is 14.9 Å². The van der Waals surface area contributed by atoms with Gasteiger partial charge in [0.2, 0.25) is 0 Å². The largest absolute Gasteiger partial charge is 0.457 e. The van der Waals surface area contributed by atoms with E-state index in [1.165, 1.54) is 6.33 Å². The zero-order valence-corrected chi connectivity index (χ0v) is 16.1. The summed E-state index contributed by atoms with van der Waals surface area (Å²) in [6, 6.07) is 18.8. The molecule has 1 N–H and O–H groups in total. The fourth-order valence-electron chi connectivity index (χ4n) is 2.61. The van der Waals surface area contributed by atoms with Crippen LogP contribution in [0.1, 0.15) is 30.3 Å². The van der Waals surface area contributed by atoms with Crippen molar-refractivity contribution in [2.24, 2.45) is 0 Å². The van der Waals surface area contributed by atoms with E-state index in [0.717, 1.165) is 30.0 Å². The molecule has 0 aliphatic heterocycles. The normalized spacial score (nSPS) is 10.4. The minimum Gasteiger partial charge on any atom is -0.457 e. The number of nitrogens with one attached hydrogen (secondary N) is 1. The van der Waals surface area contributed by atoms with Crippen LogP contribution in [-0.2, 0) is 0 Å². The van der Waals surface area contributed by atoms with Crippen LogP contribution in [0.5, 0.6) is 11.5 Å². The molecule has 3 aromatic rings. The molecule has 0 aliphatic rings. The highest BCUT2D eigenvalue weighted by Gasteiger charge is 2.13. The van der Waals surface area contributed by atoms with Crippen LogP contribution in [0.4, 0.5) is 11.5 Å². The van der Waals surface area contributed by atoms with Gasteiger partial charge in [0.15, 0.2) is 0 Å². The molecule has 6 heteroatoms. The Kier molecular flexibility index (Phi) is 6.57. The molecule has 0 saturated heterocycles. The van der Waals surface area contributed by atoms with E-state index in [4.69, 9.17) is 4.74 Å². The number of rotatable bonds is 8. The molecular formula is C22H24N4O2. The van der Waals surface area contributed by atoms with Gasteiger partial charge in [-0.2, -0.15) is 0 Å². The predicted molar refractivity (Wildman–Crippen MR) is 110 cm³/mol. The standard InChI is InChI=1S/C22H24N4O2/c1-3-4-14-26(2)22(27)20-15-21(24-16-23-20)25-17-10-12-19(13-11-17)28-18-8-6-5-7-9-18/h5-13,15-16H,3-4,14H2,1-2H3,(H,23,24,25). The molecule has 0 saturated carbocycles. The summed E-state index contributed by atoms with van der Waals surface area (Å²) in [5, 5.41) is 3.19. The van der Waals surface area contributed by atoms with E-state index in [0.29, 0.717) is 18.1 Å². The van der Waals surface area contributed by atoms with Crippen LogP contribution < -0.4 is 10.1 Å². The lowest BCUT2D eigenvalue weighted by Crippen LogP contribution is -2.28. The number of carbonyl (C=O) groups is 1. The maximum atomic E-state index is 12.5. The number of unbranched alkanes of at least 4 members (excludes halogenated alkanes) is 1. The van der Waals surface area contributed by atoms with Crippen molar-refractivity contribution in [1.29, 1.82) is 0 Å². The quantitative estimate of drug-likeness (QED) is 0.606. The van der Waals surface area contributed by atoms with E-state index >= 15 is 0 Å². The molecule has 6 nitrogen and oxygen atoms in total. The summed E-state index contributed by atoms with van der Waals surface area (Å²) in [6.07, 6.45) is 3.41. The van der Waals surface area contributed by atoms with Gasteiger partial charge in [-0.1, -0.05) is 31.5 Å². The Labute approximate surface area is 165 Å². The Morgan fingerprint density at radius 1 is 1.04 bits per heavy atom. The third-order valence-corrected chi connectivity index (χ3v) is 4.19. The molecule has 2 aromatic carbocycles. The van der Waals surface area contributed by atoms with Crippen LogP contribution in [0.15, 0.2) is 67.0 Å². The van der Waals surface area contributed by atoms with Gasteiger partial charge in [0.25, 0.3) is 5.91 Å². The molecule has 0 radical (unpaired) electrons. The van der Waals surface area contributed by atoms with Gasteiger partial charge in [-0.25, -0.2) is 9.97 Å². The lowest BCUT2D eigenvalue weighted by Gasteiger charge is -2.16. The van der Waals surface area contributed by atoms with E-state index in [1.807, 2.05) is 54.6 Å².